The second kappa shape index (κ2) is 10.0. The Hall–Kier alpha value is -2.38. The molecule has 0 aromatic carbocycles. The Morgan fingerprint density at radius 1 is 0.906 bits per heavy atom. The second-order valence-corrected chi connectivity index (χ2v) is 9.87. The highest BCUT2D eigenvalue weighted by molar-refractivity contribution is 5.75. The molecule has 0 unspecified atom stereocenters. The van der Waals surface area contributed by atoms with Crippen LogP contribution in [0.5, 0.6) is 0 Å². The van der Waals surface area contributed by atoms with Crippen molar-refractivity contribution in [3.63, 3.8) is 0 Å². The molecular formula is C25H37N5O2. The van der Waals surface area contributed by atoms with Crippen molar-refractivity contribution in [3.8, 4) is 11.1 Å². The minimum Gasteiger partial charge on any atom is -0.384 e. The Kier molecular flexibility index (Phi) is 7.16. The molecule has 174 valence electrons. The largest absolute Gasteiger partial charge is 0.384 e. The van der Waals surface area contributed by atoms with Crippen molar-refractivity contribution in [2.75, 3.05) is 74.3 Å². The molecule has 2 saturated heterocycles. The Morgan fingerprint density at radius 2 is 1.47 bits per heavy atom. The van der Waals surface area contributed by atoms with E-state index in [0.717, 1.165) is 99.7 Å². The minimum atomic E-state index is 0.305. The van der Waals surface area contributed by atoms with Gasteiger partial charge in [-0.3, -0.25) is 4.98 Å². The minimum absolute atomic E-state index is 0.305. The van der Waals surface area contributed by atoms with Crippen molar-refractivity contribution >= 4 is 17.3 Å². The zero-order valence-electron chi connectivity index (χ0n) is 20.0. The molecule has 4 rings (SSSR count). The summed E-state index contributed by atoms with van der Waals surface area (Å²) in [5, 5.41) is 3.56. The normalized spacial score (nSPS) is 17.5. The van der Waals surface area contributed by atoms with Gasteiger partial charge in [-0.25, -0.2) is 4.98 Å². The fraction of sp³-hybridized carbons (Fsp3) is 0.600. The summed E-state index contributed by atoms with van der Waals surface area (Å²) in [6, 6.07) is 6.64. The van der Waals surface area contributed by atoms with Crippen LogP contribution < -0.4 is 15.1 Å². The van der Waals surface area contributed by atoms with Crippen LogP contribution in [0.2, 0.25) is 0 Å². The van der Waals surface area contributed by atoms with Crippen molar-refractivity contribution in [3.05, 3.63) is 30.1 Å². The first-order valence-corrected chi connectivity index (χ1v) is 11.8. The maximum atomic E-state index is 5.56. The molecule has 0 atom stereocenters. The van der Waals surface area contributed by atoms with Crippen LogP contribution >= 0.6 is 0 Å². The first-order chi connectivity index (χ1) is 15.4. The van der Waals surface area contributed by atoms with E-state index >= 15 is 0 Å². The fourth-order valence-electron chi connectivity index (χ4n) is 4.07. The van der Waals surface area contributed by atoms with Crippen LogP contribution in [0.15, 0.2) is 24.4 Å². The third-order valence-electron chi connectivity index (χ3n) is 6.07. The van der Waals surface area contributed by atoms with Crippen LogP contribution in [0.4, 0.5) is 17.3 Å². The van der Waals surface area contributed by atoms with Gasteiger partial charge in [0.15, 0.2) is 0 Å². The molecule has 0 aliphatic carbocycles. The lowest BCUT2D eigenvalue weighted by Gasteiger charge is -2.32. The highest BCUT2D eigenvalue weighted by Gasteiger charge is 2.20. The lowest BCUT2D eigenvalue weighted by Crippen LogP contribution is -2.39. The van der Waals surface area contributed by atoms with E-state index in [1.807, 2.05) is 6.20 Å². The lowest BCUT2D eigenvalue weighted by molar-refractivity contribution is 0.121. The van der Waals surface area contributed by atoms with Gasteiger partial charge in [0.05, 0.1) is 38.3 Å². The number of aryl methyl sites for hydroxylation is 1. The van der Waals surface area contributed by atoms with Crippen molar-refractivity contribution in [2.45, 2.75) is 34.1 Å². The van der Waals surface area contributed by atoms with Gasteiger partial charge in [-0.05, 0) is 42.5 Å². The van der Waals surface area contributed by atoms with Crippen LogP contribution in [0, 0.1) is 12.3 Å². The number of anilines is 3. The summed E-state index contributed by atoms with van der Waals surface area (Å²) in [6.07, 6.45) is 3.04. The molecule has 32 heavy (non-hydrogen) atoms. The Labute approximate surface area is 192 Å². The SMILES string of the molecule is Cc1ncc(NCCC(C)(C)C)cc1-c1cc(N2CCOCC2)nc(N2CCOCC2)c1. The highest BCUT2D eigenvalue weighted by atomic mass is 16.5. The maximum absolute atomic E-state index is 5.56. The number of hydrogen-bond donors (Lipinski definition) is 1. The zero-order chi connectivity index (χ0) is 22.6. The van der Waals surface area contributed by atoms with Gasteiger partial charge in [0.2, 0.25) is 0 Å². The third kappa shape index (κ3) is 5.90. The number of rotatable bonds is 6. The number of hydrogen-bond acceptors (Lipinski definition) is 7. The lowest BCUT2D eigenvalue weighted by atomic mass is 9.92. The van der Waals surface area contributed by atoms with Gasteiger partial charge in [-0.1, -0.05) is 20.8 Å². The maximum Gasteiger partial charge on any atom is 0.131 e. The topological polar surface area (TPSA) is 62.8 Å². The average Bonchev–Trinajstić information content (AvgIpc) is 2.80. The van der Waals surface area contributed by atoms with E-state index in [1.165, 1.54) is 0 Å². The van der Waals surface area contributed by atoms with E-state index in [2.05, 4.69) is 61.0 Å². The molecule has 1 N–H and O–H groups in total. The van der Waals surface area contributed by atoms with Gasteiger partial charge >= 0.3 is 0 Å². The van der Waals surface area contributed by atoms with Crippen LogP contribution in [0.25, 0.3) is 11.1 Å². The zero-order valence-corrected chi connectivity index (χ0v) is 20.0. The Bertz CT molecular complexity index is 863. The third-order valence-corrected chi connectivity index (χ3v) is 6.07. The highest BCUT2D eigenvalue weighted by Crippen LogP contribution is 2.32. The molecular weight excluding hydrogens is 402 g/mol. The van der Waals surface area contributed by atoms with Gasteiger partial charge in [-0.15, -0.1) is 0 Å². The number of aromatic nitrogens is 2. The van der Waals surface area contributed by atoms with Crippen molar-refractivity contribution in [1.82, 2.24) is 9.97 Å². The first kappa shape index (κ1) is 22.8. The molecule has 7 nitrogen and oxygen atoms in total. The van der Waals surface area contributed by atoms with Crippen LogP contribution in [-0.4, -0.2) is 69.1 Å². The Morgan fingerprint density at radius 3 is 2.00 bits per heavy atom. The van der Waals surface area contributed by atoms with Crippen LogP contribution in [0.1, 0.15) is 32.9 Å². The number of ether oxygens (including phenoxy) is 2. The monoisotopic (exact) mass is 439 g/mol. The second-order valence-electron chi connectivity index (χ2n) is 9.87. The standard InChI is InChI=1S/C25H37N5O2/c1-19-22(17-21(18-27-19)26-6-5-25(2,3)4)20-15-23(29-7-11-31-12-8-29)28-24(16-20)30-9-13-32-14-10-30/h15-18,26H,5-14H2,1-4H3. The van der Waals surface area contributed by atoms with E-state index in [1.54, 1.807) is 0 Å². The smallest absolute Gasteiger partial charge is 0.131 e. The van der Waals surface area contributed by atoms with Crippen molar-refractivity contribution in [2.24, 2.45) is 5.41 Å². The van der Waals surface area contributed by atoms with Crippen molar-refractivity contribution < 1.29 is 9.47 Å². The predicted octanol–water partition coefficient (Wildman–Crippen LogP) is 3.97. The van der Waals surface area contributed by atoms with Gasteiger partial charge in [0.25, 0.3) is 0 Å². The molecule has 7 heteroatoms. The fourth-order valence-corrected chi connectivity index (χ4v) is 4.07. The summed E-state index contributed by atoms with van der Waals surface area (Å²) < 4.78 is 11.1. The number of nitrogens with zero attached hydrogens (tertiary/aromatic N) is 4. The first-order valence-electron chi connectivity index (χ1n) is 11.8. The number of nitrogens with one attached hydrogen (secondary N) is 1. The molecule has 0 bridgehead atoms. The van der Waals surface area contributed by atoms with Gasteiger partial charge in [0, 0.05) is 44.0 Å². The molecule has 0 saturated carbocycles. The summed E-state index contributed by atoms with van der Waals surface area (Å²) in [5.74, 6) is 2.02. The summed E-state index contributed by atoms with van der Waals surface area (Å²) in [5.41, 5.74) is 4.70. The molecule has 2 aromatic heterocycles. The summed E-state index contributed by atoms with van der Waals surface area (Å²) in [4.78, 5) is 14.4. The van der Waals surface area contributed by atoms with E-state index in [0.29, 0.717) is 5.41 Å². The van der Waals surface area contributed by atoms with E-state index < -0.39 is 0 Å². The molecule has 2 aliphatic rings. The van der Waals surface area contributed by atoms with Gasteiger partial charge < -0.3 is 24.6 Å². The van der Waals surface area contributed by atoms with E-state index in [4.69, 9.17) is 19.4 Å². The quantitative estimate of drug-likeness (QED) is 0.731. The van der Waals surface area contributed by atoms with Crippen LogP contribution in [0.3, 0.4) is 0 Å². The van der Waals surface area contributed by atoms with Gasteiger partial charge in [-0.2, -0.15) is 0 Å². The number of morpholine rings is 2. The summed E-state index contributed by atoms with van der Waals surface area (Å²) in [7, 11) is 0. The summed E-state index contributed by atoms with van der Waals surface area (Å²) in [6.45, 7) is 16.3. The van der Waals surface area contributed by atoms with Gasteiger partial charge in [0.1, 0.15) is 11.6 Å². The number of pyridine rings is 2. The van der Waals surface area contributed by atoms with E-state index in [9.17, 15) is 0 Å². The molecule has 0 radical (unpaired) electrons. The predicted molar refractivity (Wildman–Crippen MR) is 131 cm³/mol. The molecule has 0 spiro atoms. The summed E-state index contributed by atoms with van der Waals surface area (Å²) >= 11 is 0. The average molecular weight is 440 g/mol. The molecule has 2 fully saturated rings. The van der Waals surface area contributed by atoms with Crippen molar-refractivity contribution in [1.29, 1.82) is 0 Å². The molecule has 4 heterocycles. The molecule has 2 aliphatic heterocycles. The molecule has 2 aromatic rings. The van der Waals surface area contributed by atoms with Crippen LogP contribution in [-0.2, 0) is 9.47 Å². The van der Waals surface area contributed by atoms with E-state index in [-0.39, 0.29) is 0 Å². The molecule has 0 amide bonds. The Balaban J connectivity index is 1.65.